The van der Waals surface area contributed by atoms with Gasteiger partial charge in [0.05, 0.1) is 5.60 Å². The molecule has 2 heteroatoms. The van der Waals surface area contributed by atoms with Crippen molar-refractivity contribution in [2.24, 2.45) is 5.41 Å². The molecule has 2 nitrogen and oxygen atoms in total. The number of pyridine rings is 1. The van der Waals surface area contributed by atoms with E-state index in [9.17, 15) is 5.11 Å². The second-order valence-electron chi connectivity index (χ2n) is 5.00. The summed E-state index contributed by atoms with van der Waals surface area (Å²) >= 11 is 0. The van der Waals surface area contributed by atoms with Crippen molar-refractivity contribution in [1.82, 2.24) is 4.98 Å². The van der Waals surface area contributed by atoms with Crippen molar-refractivity contribution in [3.05, 3.63) is 29.6 Å². The number of aryl methyl sites for hydroxylation is 1. The molecule has 76 valence electrons. The van der Waals surface area contributed by atoms with Crippen molar-refractivity contribution in [3.63, 3.8) is 0 Å². The standard InChI is InChI=1S/C12H17NO/c1-9-6-10(8-13-7-9)12(14)5-4-11(12,2)3/h6-8,14H,4-5H2,1-3H3. The largest absolute Gasteiger partial charge is 0.385 e. The van der Waals surface area contributed by atoms with Gasteiger partial charge in [-0.2, -0.15) is 0 Å². The van der Waals surface area contributed by atoms with Crippen LogP contribution in [0.4, 0.5) is 0 Å². The van der Waals surface area contributed by atoms with E-state index in [1.54, 1.807) is 6.20 Å². The van der Waals surface area contributed by atoms with Crippen LogP contribution in [0.3, 0.4) is 0 Å². The molecule has 0 saturated heterocycles. The first-order valence-electron chi connectivity index (χ1n) is 5.10. The van der Waals surface area contributed by atoms with Gasteiger partial charge in [0.2, 0.25) is 0 Å². The van der Waals surface area contributed by atoms with Gasteiger partial charge in [0.1, 0.15) is 0 Å². The van der Waals surface area contributed by atoms with Gasteiger partial charge in [0.25, 0.3) is 0 Å². The van der Waals surface area contributed by atoms with E-state index in [0.29, 0.717) is 0 Å². The lowest BCUT2D eigenvalue weighted by molar-refractivity contribution is -0.156. The molecule has 0 bridgehead atoms. The molecule has 1 aliphatic rings. The zero-order valence-corrected chi connectivity index (χ0v) is 9.04. The molecule has 1 aromatic rings. The van der Waals surface area contributed by atoms with E-state index in [1.807, 2.05) is 19.2 Å². The Labute approximate surface area is 85.0 Å². The SMILES string of the molecule is Cc1cncc(C2(O)CCC2(C)C)c1. The van der Waals surface area contributed by atoms with Crippen molar-refractivity contribution in [3.8, 4) is 0 Å². The summed E-state index contributed by atoms with van der Waals surface area (Å²) in [5.41, 5.74) is 1.40. The Morgan fingerprint density at radius 2 is 2.00 bits per heavy atom. The Bertz CT molecular complexity index is 359. The lowest BCUT2D eigenvalue weighted by Gasteiger charge is -2.52. The average Bonchev–Trinajstić information content (AvgIpc) is 2.15. The molecule has 0 radical (unpaired) electrons. The maximum absolute atomic E-state index is 10.5. The van der Waals surface area contributed by atoms with Crippen LogP contribution in [0, 0.1) is 12.3 Å². The van der Waals surface area contributed by atoms with E-state index >= 15 is 0 Å². The predicted molar refractivity (Wildman–Crippen MR) is 55.9 cm³/mol. The van der Waals surface area contributed by atoms with Gasteiger partial charge in [-0.3, -0.25) is 4.98 Å². The fourth-order valence-corrected chi connectivity index (χ4v) is 2.18. The van der Waals surface area contributed by atoms with Crippen LogP contribution in [0.25, 0.3) is 0 Å². The molecular formula is C12H17NO. The Balaban J connectivity index is 2.40. The van der Waals surface area contributed by atoms with Crippen molar-refractivity contribution < 1.29 is 5.11 Å². The highest BCUT2D eigenvalue weighted by Crippen LogP contribution is 2.55. The zero-order chi connectivity index (χ0) is 10.4. The van der Waals surface area contributed by atoms with E-state index in [1.165, 1.54) is 0 Å². The number of hydrogen-bond donors (Lipinski definition) is 1. The third-order valence-corrected chi connectivity index (χ3v) is 3.58. The van der Waals surface area contributed by atoms with Crippen molar-refractivity contribution in [1.29, 1.82) is 0 Å². The number of rotatable bonds is 1. The second kappa shape index (κ2) is 2.80. The van der Waals surface area contributed by atoms with E-state index in [0.717, 1.165) is 24.0 Å². The first-order valence-corrected chi connectivity index (χ1v) is 5.10. The maximum atomic E-state index is 10.5. The molecule has 1 aromatic heterocycles. The molecule has 1 unspecified atom stereocenters. The minimum atomic E-state index is -0.661. The Morgan fingerprint density at radius 1 is 1.29 bits per heavy atom. The summed E-state index contributed by atoms with van der Waals surface area (Å²) in [6.45, 7) is 6.23. The van der Waals surface area contributed by atoms with Crippen LogP contribution < -0.4 is 0 Å². The van der Waals surface area contributed by atoms with Gasteiger partial charge >= 0.3 is 0 Å². The van der Waals surface area contributed by atoms with Crippen LogP contribution in [-0.2, 0) is 5.60 Å². The number of aliphatic hydroxyl groups is 1. The van der Waals surface area contributed by atoms with Gasteiger partial charge in [-0.05, 0) is 30.7 Å². The maximum Gasteiger partial charge on any atom is 0.0962 e. The third kappa shape index (κ3) is 1.17. The highest BCUT2D eigenvalue weighted by atomic mass is 16.3. The molecule has 14 heavy (non-hydrogen) atoms. The van der Waals surface area contributed by atoms with Gasteiger partial charge in [-0.25, -0.2) is 0 Å². The molecular weight excluding hydrogens is 174 g/mol. The van der Waals surface area contributed by atoms with Crippen LogP contribution in [0.5, 0.6) is 0 Å². The van der Waals surface area contributed by atoms with Gasteiger partial charge in [0.15, 0.2) is 0 Å². The molecule has 1 heterocycles. The van der Waals surface area contributed by atoms with Gasteiger partial charge in [-0.1, -0.05) is 19.9 Å². The van der Waals surface area contributed by atoms with Crippen LogP contribution in [0.2, 0.25) is 0 Å². The van der Waals surface area contributed by atoms with Crippen molar-refractivity contribution in [2.75, 3.05) is 0 Å². The summed E-state index contributed by atoms with van der Waals surface area (Å²) < 4.78 is 0. The lowest BCUT2D eigenvalue weighted by atomic mass is 9.56. The summed E-state index contributed by atoms with van der Waals surface area (Å²) in [4.78, 5) is 4.14. The third-order valence-electron chi connectivity index (χ3n) is 3.58. The number of aromatic nitrogens is 1. The second-order valence-corrected chi connectivity index (χ2v) is 5.00. The average molecular weight is 191 g/mol. The molecule has 1 saturated carbocycles. The Hall–Kier alpha value is -0.890. The molecule has 0 amide bonds. The minimum absolute atomic E-state index is 0.0114. The summed E-state index contributed by atoms with van der Waals surface area (Å²) in [5, 5.41) is 10.5. The van der Waals surface area contributed by atoms with Crippen molar-refractivity contribution in [2.45, 2.75) is 39.2 Å². The molecule has 1 aliphatic carbocycles. The quantitative estimate of drug-likeness (QED) is 0.739. The Morgan fingerprint density at radius 3 is 2.43 bits per heavy atom. The minimum Gasteiger partial charge on any atom is -0.385 e. The van der Waals surface area contributed by atoms with Crippen LogP contribution >= 0.6 is 0 Å². The van der Waals surface area contributed by atoms with E-state index in [4.69, 9.17) is 0 Å². The van der Waals surface area contributed by atoms with Crippen LogP contribution in [0.15, 0.2) is 18.5 Å². The first kappa shape index (κ1) is 9.66. The zero-order valence-electron chi connectivity index (χ0n) is 9.04. The molecule has 1 N–H and O–H groups in total. The van der Waals surface area contributed by atoms with E-state index < -0.39 is 5.60 Å². The molecule has 0 spiro atoms. The van der Waals surface area contributed by atoms with Gasteiger partial charge in [-0.15, -0.1) is 0 Å². The Kier molecular flexibility index (Phi) is 1.93. The van der Waals surface area contributed by atoms with Crippen LogP contribution in [-0.4, -0.2) is 10.1 Å². The van der Waals surface area contributed by atoms with Gasteiger partial charge in [0, 0.05) is 18.0 Å². The fourth-order valence-electron chi connectivity index (χ4n) is 2.18. The predicted octanol–water partition coefficient (Wildman–Crippen LogP) is 2.40. The number of nitrogens with zero attached hydrogens (tertiary/aromatic N) is 1. The van der Waals surface area contributed by atoms with E-state index in [-0.39, 0.29) is 5.41 Å². The van der Waals surface area contributed by atoms with E-state index in [2.05, 4.69) is 18.8 Å². The summed E-state index contributed by atoms with van der Waals surface area (Å²) in [6.07, 6.45) is 5.54. The molecule has 0 aliphatic heterocycles. The number of hydrogen-bond acceptors (Lipinski definition) is 2. The van der Waals surface area contributed by atoms with Crippen molar-refractivity contribution >= 4 is 0 Å². The van der Waals surface area contributed by atoms with Gasteiger partial charge < -0.3 is 5.11 Å². The normalized spacial score (nSPS) is 29.7. The summed E-state index contributed by atoms with van der Waals surface area (Å²) in [5.74, 6) is 0. The highest BCUT2D eigenvalue weighted by Gasteiger charge is 2.52. The summed E-state index contributed by atoms with van der Waals surface area (Å²) in [6, 6.07) is 2.04. The first-order chi connectivity index (χ1) is 6.46. The fraction of sp³-hybridized carbons (Fsp3) is 0.583. The van der Waals surface area contributed by atoms with Crippen LogP contribution in [0.1, 0.15) is 37.8 Å². The molecule has 2 rings (SSSR count). The highest BCUT2D eigenvalue weighted by molar-refractivity contribution is 5.28. The smallest absolute Gasteiger partial charge is 0.0962 e. The lowest BCUT2D eigenvalue weighted by Crippen LogP contribution is -2.51. The molecule has 0 aromatic carbocycles. The topological polar surface area (TPSA) is 33.1 Å². The molecule has 1 fully saturated rings. The molecule has 1 atom stereocenters. The monoisotopic (exact) mass is 191 g/mol. The summed E-state index contributed by atoms with van der Waals surface area (Å²) in [7, 11) is 0.